The lowest BCUT2D eigenvalue weighted by Crippen LogP contribution is -2.41. The Balaban J connectivity index is 2.17. The number of nitrogens with one attached hydrogen (secondary N) is 2. The van der Waals surface area contributed by atoms with E-state index in [1.165, 1.54) is 12.1 Å². The molecule has 110 valence electrons. The number of benzene rings is 1. The Labute approximate surface area is 116 Å². The average Bonchev–Trinajstić information content (AvgIpc) is 2.43. The fraction of sp³-hybridized carbons (Fsp3) is 0.500. The molecule has 0 radical (unpaired) electrons. The summed E-state index contributed by atoms with van der Waals surface area (Å²) in [5.74, 6) is -3.11. The molecule has 0 spiro atoms. The van der Waals surface area contributed by atoms with Crippen molar-refractivity contribution in [3.8, 4) is 0 Å². The number of ether oxygens (including phenoxy) is 1. The molecule has 1 saturated heterocycles. The summed E-state index contributed by atoms with van der Waals surface area (Å²) in [4.78, 5) is 11.3. The van der Waals surface area contributed by atoms with Crippen LogP contribution in [0.3, 0.4) is 0 Å². The van der Waals surface area contributed by atoms with Crippen molar-refractivity contribution in [2.45, 2.75) is 31.8 Å². The van der Waals surface area contributed by atoms with Crippen LogP contribution in [0.1, 0.15) is 30.1 Å². The molecule has 2 unspecified atom stereocenters. The third-order valence-corrected chi connectivity index (χ3v) is 3.47. The Hall–Kier alpha value is -1.69. The van der Waals surface area contributed by atoms with E-state index in [0.717, 1.165) is 26.5 Å². The first-order valence-electron chi connectivity index (χ1n) is 6.59. The molecule has 1 aromatic carbocycles. The summed E-state index contributed by atoms with van der Waals surface area (Å²) < 4.78 is 32.2. The van der Waals surface area contributed by atoms with Gasteiger partial charge in [-0.2, -0.15) is 0 Å². The van der Waals surface area contributed by atoms with E-state index in [1.807, 2.05) is 6.92 Å². The summed E-state index contributed by atoms with van der Waals surface area (Å²) in [6, 6.07) is 3.03. The van der Waals surface area contributed by atoms with E-state index in [4.69, 9.17) is 0 Å². The molecule has 1 aliphatic heterocycles. The predicted molar refractivity (Wildman–Crippen MR) is 71.8 cm³/mol. The highest BCUT2D eigenvalue weighted by atomic mass is 19.2. The number of piperidine rings is 1. The molecule has 0 aromatic heterocycles. The fourth-order valence-corrected chi connectivity index (χ4v) is 2.41. The van der Waals surface area contributed by atoms with Gasteiger partial charge in [0.15, 0.2) is 11.6 Å². The van der Waals surface area contributed by atoms with E-state index in [2.05, 4.69) is 15.4 Å². The minimum absolute atomic E-state index is 0.0780. The van der Waals surface area contributed by atoms with Gasteiger partial charge in [-0.1, -0.05) is 0 Å². The lowest BCUT2D eigenvalue weighted by Gasteiger charge is -2.29. The molecular formula is C14H18F2N2O2. The highest BCUT2D eigenvalue weighted by Crippen LogP contribution is 2.24. The van der Waals surface area contributed by atoms with Crippen LogP contribution in [0.5, 0.6) is 0 Å². The Bertz CT molecular complexity index is 508. The van der Waals surface area contributed by atoms with Gasteiger partial charge in [0.1, 0.15) is 0 Å². The maximum Gasteiger partial charge on any atom is 0.340 e. The van der Waals surface area contributed by atoms with Gasteiger partial charge >= 0.3 is 5.97 Å². The summed E-state index contributed by atoms with van der Waals surface area (Å²) in [5, 5.41) is 6.28. The van der Waals surface area contributed by atoms with Crippen molar-refractivity contribution < 1.29 is 18.3 Å². The molecule has 1 fully saturated rings. The first-order chi connectivity index (χ1) is 9.52. The van der Waals surface area contributed by atoms with Gasteiger partial charge < -0.3 is 15.4 Å². The summed E-state index contributed by atoms with van der Waals surface area (Å²) in [6.45, 7) is 2.88. The second-order valence-electron chi connectivity index (χ2n) is 5.00. The molecule has 6 heteroatoms. The Morgan fingerprint density at radius 3 is 2.80 bits per heavy atom. The number of carbonyl (C=O) groups excluding carboxylic acids is 1. The third-order valence-electron chi connectivity index (χ3n) is 3.47. The van der Waals surface area contributed by atoms with Crippen molar-refractivity contribution in [1.82, 2.24) is 5.32 Å². The molecule has 0 bridgehead atoms. The van der Waals surface area contributed by atoms with Crippen molar-refractivity contribution in [3.05, 3.63) is 29.3 Å². The van der Waals surface area contributed by atoms with Crippen LogP contribution in [0.15, 0.2) is 12.1 Å². The number of rotatable bonds is 3. The van der Waals surface area contributed by atoms with Gasteiger partial charge in [0, 0.05) is 12.1 Å². The Morgan fingerprint density at radius 2 is 2.15 bits per heavy atom. The smallest absolute Gasteiger partial charge is 0.340 e. The maximum atomic E-state index is 14.0. The molecule has 1 aliphatic rings. The highest BCUT2D eigenvalue weighted by molar-refractivity contribution is 5.90. The Morgan fingerprint density at radius 1 is 1.40 bits per heavy atom. The largest absolute Gasteiger partial charge is 0.465 e. The molecule has 2 rings (SSSR count). The molecule has 1 aromatic rings. The number of halogens is 2. The van der Waals surface area contributed by atoms with Crippen molar-refractivity contribution in [2.24, 2.45) is 0 Å². The van der Waals surface area contributed by atoms with E-state index in [1.54, 1.807) is 0 Å². The van der Waals surface area contributed by atoms with Gasteiger partial charge in [0.25, 0.3) is 0 Å². The monoisotopic (exact) mass is 284 g/mol. The number of anilines is 1. The molecule has 0 aliphatic carbocycles. The van der Waals surface area contributed by atoms with Gasteiger partial charge in [0.05, 0.1) is 18.4 Å². The number of esters is 1. The van der Waals surface area contributed by atoms with E-state index in [9.17, 15) is 13.6 Å². The van der Waals surface area contributed by atoms with Crippen molar-refractivity contribution in [2.75, 3.05) is 19.0 Å². The standard InChI is InChI=1S/C14H18F2N2O2/c1-8-7-9(5-6-17-8)18-11-4-3-10(14(19)20-2)12(15)13(11)16/h3-4,8-9,17-18H,5-7H2,1-2H3. The molecule has 20 heavy (non-hydrogen) atoms. The molecule has 4 nitrogen and oxygen atoms in total. The quantitative estimate of drug-likeness (QED) is 0.836. The second-order valence-corrected chi connectivity index (χ2v) is 5.00. The fourth-order valence-electron chi connectivity index (χ4n) is 2.41. The third kappa shape index (κ3) is 3.07. The molecule has 0 saturated carbocycles. The summed E-state index contributed by atoms with van der Waals surface area (Å²) in [6.07, 6.45) is 1.67. The summed E-state index contributed by atoms with van der Waals surface area (Å²) in [5.41, 5.74) is -0.316. The molecule has 2 atom stereocenters. The van der Waals surface area contributed by atoms with Crippen molar-refractivity contribution in [1.29, 1.82) is 0 Å². The van der Waals surface area contributed by atoms with Crippen LogP contribution in [0.4, 0.5) is 14.5 Å². The minimum Gasteiger partial charge on any atom is -0.465 e. The Kier molecular flexibility index (Phi) is 4.54. The van der Waals surface area contributed by atoms with Crippen LogP contribution in [0.25, 0.3) is 0 Å². The van der Waals surface area contributed by atoms with Crippen LogP contribution in [-0.2, 0) is 4.74 Å². The number of carbonyl (C=O) groups is 1. The van der Waals surface area contributed by atoms with Crippen LogP contribution >= 0.6 is 0 Å². The second kappa shape index (κ2) is 6.17. The number of hydrogen-bond donors (Lipinski definition) is 2. The van der Waals surface area contributed by atoms with Crippen LogP contribution in [0, 0.1) is 11.6 Å². The lowest BCUT2D eigenvalue weighted by atomic mass is 10.00. The first-order valence-corrected chi connectivity index (χ1v) is 6.59. The van der Waals surface area contributed by atoms with Crippen LogP contribution in [-0.4, -0.2) is 31.7 Å². The normalized spacial score (nSPS) is 22.4. The zero-order valence-corrected chi connectivity index (χ0v) is 11.5. The van der Waals surface area contributed by atoms with Gasteiger partial charge in [0.2, 0.25) is 0 Å². The van der Waals surface area contributed by atoms with E-state index in [-0.39, 0.29) is 11.7 Å². The maximum absolute atomic E-state index is 14.0. The summed E-state index contributed by atoms with van der Waals surface area (Å²) >= 11 is 0. The van der Waals surface area contributed by atoms with E-state index in [0.29, 0.717) is 6.04 Å². The topological polar surface area (TPSA) is 50.4 Å². The molecule has 0 amide bonds. The number of hydrogen-bond acceptors (Lipinski definition) is 4. The van der Waals surface area contributed by atoms with Crippen LogP contribution < -0.4 is 10.6 Å². The first kappa shape index (κ1) is 14.7. The average molecular weight is 284 g/mol. The van der Waals surface area contributed by atoms with Gasteiger partial charge in [-0.15, -0.1) is 0 Å². The van der Waals surface area contributed by atoms with Crippen LogP contribution in [0.2, 0.25) is 0 Å². The van der Waals surface area contributed by atoms with E-state index < -0.39 is 23.2 Å². The zero-order valence-electron chi connectivity index (χ0n) is 11.5. The van der Waals surface area contributed by atoms with Gasteiger partial charge in [-0.3, -0.25) is 0 Å². The SMILES string of the molecule is COC(=O)c1ccc(NC2CCNC(C)C2)c(F)c1F. The minimum atomic E-state index is -1.18. The van der Waals surface area contributed by atoms with Gasteiger partial charge in [-0.25, -0.2) is 13.6 Å². The van der Waals surface area contributed by atoms with E-state index >= 15 is 0 Å². The van der Waals surface area contributed by atoms with Crippen molar-refractivity contribution in [3.63, 3.8) is 0 Å². The predicted octanol–water partition coefficient (Wildman–Crippen LogP) is 2.30. The zero-order chi connectivity index (χ0) is 14.7. The number of methoxy groups -OCH3 is 1. The molecule has 1 heterocycles. The van der Waals surface area contributed by atoms with Gasteiger partial charge in [-0.05, 0) is 38.4 Å². The molecular weight excluding hydrogens is 266 g/mol. The summed E-state index contributed by atoms with van der Waals surface area (Å²) in [7, 11) is 1.13. The lowest BCUT2D eigenvalue weighted by molar-refractivity contribution is 0.0594. The highest BCUT2D eigenvalue weighted by Gasteiger charge is 2.22. The van der Waals surface area contributed by atoms with Crippen molar-refractivity contribution >= 4 is 11.7 Å². The molecule has 2 N–H and O–H groups in total.